The normalized spacial score (nSPS) is 22.2. The number of alkyl halides is 3. The quantitative estimate of drug-likeness (QED) is 0.752. The molecule has 1 saturated heterocycles. The third kappa shape index (κ3) is 3.29. The van der Waals surface area contributed by atoms with Gasteiger partial charge in [-0.25, -0.2) is 12.8 Å². The average molecular weight is 368 g/mol. The summed E-state index contributed by atoms with van der Waals surface area (Å²) in [4.78, 5) is -0.635. The topological polar surface area (TPSA) is 52.6 Å². The molecule has 1 spiro atoms. The van der Waals surface area contributed by atoms with Crippen molar-refractivity contribution in [2.24, 2.45) is 0 Å². The SMILES string of the molecule is O=S(=O)(c1cc(F)cc(C(F)(F)F)c1)C1CCC2(CC1)OCCO2. The van der Waals surface area contributed by atoms with Gasteiger partial charge in [-0.3, -0.25) is 0 Å². The predicted molar refractivity (Wildman–Crippen MR) is 75.5 cm³/mol. The fourth-order valence-corrected chi connectivity index (χ4v) is 5.02. The molecule has 0 amide bonds. The van der Waals surface area contributed by atoms with E-state index in [1.54, 1.807) is 0 Å². The summed E-state index contributed by atoms with van der Waals surface area (Å²) in [6, 6.07) is 1.41. The van der Waals surface area contributed by atoms with Crippen molar-refractivity contribution in [3.05, 3.63) is 29.6 Å². The van der Waals surface area contributed by atoms with E-state index in [0.29, 0.717) is 38.2 Å². The number of halogens is 4. The van der Waals surface area contributed by atoms with E-state index >= 15 is 0 Å². The summed E-state index contributed by atoms with van der Waals surface area (Å²) in [5.41, 5.74) is -1.31. The fourth-order valence-electron chi connectivity index (χ4n) is 3.21. The molecular formula is C15H16F4O4S. The van der Waals surface area contributed by atoms with Crippen LogP contribution >= 0.6 is 0 Å². The van der Waals surface area contributed by atoms with Crippen LogP contribution in [0.4, 0.5) is 17.6 Å². The van der Waals surface area contributed by atoms with Crippen molar-refractivity contribution in [1.82, 2.24) is 0 Å². The highest BCUT2D eigenvalue weighted by Crippen LogP contribution is 2.40. The van der Waals surface area contributed by atoms with Crippen molar-refractivity contribution in [3.63, 3.8) is 0 Å². The number of sulfone groups is 1. The van der Waals surface area contributed by atoms with Crippen LogP contribution in [0.5, 0.6) is 0 Å². The largest absolute Gasteiger partial charge is 0.416 e. The van der Waals surface area contributed by atoms with Crippen molar-refractivity contribution in [2.75, 3.05) is 13.2 Å². The lowest BCUT2D eigenvalue weighted by molar-refractivity contribution is -0.176. The third-order valence-electron chi connectivity index (χ3n) is 4.47. The van der Waals surface area contributed by atoms with Gasteiger partial charge in [-0.1, -0.05) is 0 Å². The van der Waals surface area contributed by atoms with E-state index in [-0.39, 0.29) is 18.9 Å². The minimum Gasteiger partial charge on any atom is -0.348 e. The van der Waals surface area contributed by atoms with Gasteiger partial charge in [-0.15, -0.1) is 0 Å². The van der Waals surface area contributed by atoms with E-state index < -0.39 is 43.3 Å². The molecule has 0 radical (unpaired) electrons. The molecular weight excluding hydrogens is 352 g/mol. The molecule has 24 heavy (non-hydrogen) atoms. The standard InChI is InChI=1S/C15H16F4O4S/c16-11-7-10(15(17,18)19)8-13(9-11)24(20,21)12-1-3-14(4-2-12)22-5-6-23-14/h7-9,12H,1-6H2. The van der Waals surface area contributed by atoms with Gasteiger partial charge in [0.05, 0.1) is 28.9 Å². The second-order valence-electron chi connectivity index (χ2n) is 6.03. The summed E-state index contributed by atoms with van der Waals surface area (Å²) in [6.07, 6.45) is -3.73. The molecule has 1 heterocycles. The number of hydrogen-bond acceptors (Lipinski definition) is 4. The van der Waals surface area contributed by atoms with Gasteiger partial charge in [0.1, 0.15) is 5.82 Å². The summed E-state index contributed by atoms with van der Waals surface area (Å²) in [5.74, 6) is -2.00. The van der Waals surface area contributed by atoms with Gasteiger partial charge >= 0.3 is 6.18 Å². The highest BCUT2D eigenvalue weighted by atomic mass is 32.2. The summed E-state index contributed by atoms with van der Waals surface area (Å²) >= 11 is 0. The maximum absolute atomic E-state index is 13.5. The van der Waals surface area contributed by atoms with Crippen LogP contribution in [-0.4, -0.2) is 32.7 Å². The van der Waals surface area contributed by atoms with Crippen LogP contribution in [0.2, 0.25) is 0 Å². The fraction of sp³-hybridized carbons (Fsp3) is 0.600. The van der Waals surface area contributed by atoms with Gasteiger partial charge in [0.25, 0.3) is 0 Å². The Morgan fingerprint density at radius 3 is 2.17 bits per heavy atom. The van der Waals surface area contributed by atoms with Crippen LogP contribution < -0.4 is 0 Å². The van der Waals surface area contributed by atoms with E-state index in [1.807, 2.05) is 0 Å². The minimum atomic E-state index is -4.81. The molecule has 0 bridgehead atoms. The smallest absolute Gasteiger partial charge is 0.348 e. The molecule has 1 aliphatic carbocycles. The maximum atomic E-state index is 13.5. The first-order valence-electron chi connectivity index (χ1n) is 7.52. The first-order chi connectivity index (χ1) is 11.1. The van der Waals surface area contributed by atoms with Crippen LogP contribution in [-0.2, 0) is 25.5 Å². The van der Waals surface area contributed by atoms with Gasteiger partial charge in [0.2, 0.25) is 0 Å². The Balaban J connectivity index is 1.85. The monoisotopic (exact) mass is 368 g/mol. The highest BCUT2D eigenvalue weighted by molar-refractivity contribution is 7.92. The molecule has 1 saturated carbocycles. The molecule has 1 aromatic carbocycles. The van der Waals surface area contributed by atoms with Gasteiger partial charge in [0.15, 0.2) is 15.6 Å². The molecule has 9 heteroatoms. The molecule has 1 aliphatic heterocycles. The van der Waals surface area contributed by atoms with Crippen molar-refractivity contribution < 1.29 is 35.5 Å². The Morgan fingerprint density at radius 2 is 1.62 bits per heavy atom. The molecule has 2 aliphatic rings. The van der Waals surface area contributed by atoms with E-state index in [1.165, 1.54) is 0 Å². The van der Waals surface area contributed by atoms with Crippen molar-refractivity contribution in [2.45, 2.75) is 47.8 Å². The zero-order valence-corrected chi connectivity index (χ0v) is 13.4. The molecule has 4 nitrogen and oxygen atoms in total. The van der Waals surface area contributed by atoms with Gasteiger partial charge in [-0.05, 0) is 31.0 Å². The van der Waals surface area contributed by atoms with Crippen molar-refractivity contribution >= 4 is 9.84 Å². The summed E-state index contributed by atoms with van der Waals surface area (Å²) < 4.78 is 88.1. The molecule has 2 fully saturated rings. The minimum absolute atomic E-state index is 0.195. The second kappa shape index (κ2) is 5.96. The highest BCUT2D eigenvalue weighted by Gasteiger charge is 2.44. The Labute approximate surface area is 136 Å². The molecule has 0 aromatic heterocycles. The van der Waals surface area contributed by atoms with Crippen LogP contribution in [0.3, 0.4) is 0 Å². The Kier molecular flexibility index (Phi) is 4.38. The number of benzene rings is 1. The molecule has 3 rings (SSSR count). The molecule has 0 atom stereocenters. The zero-order valence-electron chi connectivity index (χ0n) is 12.6. The second-order valence-corrected chi connectivity index (χ2v) is 8.25. The average Bonchev–Trinajstić information content (AvgIpc) is 2.94. The van der Waals surface area contributed by atoms with Gasteiger partial charge < -0.3 is 9.47 Å². The lowest BCUT2D eigenvalue weighted by Gasteiger charge is -2.35. The van der Waals surface area contributed by atoms with Crippen LogP contribution in [0, 0.1) is 5.82 Å². The Bertz CT molecular complexity index is 713. The van der Waals surface area contributed by atoms with Crippen molar-refractivity contribution in [3.8, 4) is 0 Å². The first kappa shape index (κ1) is 17.6. The van der Waals surface area contributed by atoms with E-state index in [4.69, 9.17) is 9.47 Å². The molecule has 0 N–H and O–H groups in total. The number of ether oxygens (including phenoxy) is 2. The summed E-state index contributed by atoms with van der Waals surface area (Å²) in [7, 11) is -4.06. The van der Waals surface area contributed by atoms with E-state index in [9.17, 15) is 26.0 Å². The molecule has 1 aromatic rings. The van der Waals surface area contributed by atoms with Crippen molar-refractivity contribution in [1.29, 1.82) is 0 Å². The third-order valence-corrected chi connectivity index (χ3v) is 6.72. The van der Waals surface area contributed by atoms with Crippen LogP contribution in [0.15, 0.2) is 23.1 Å². The molecule has 0 unspecified atom stereocenters. The zero-order chi connectivity index (χ0) is 17.6. The maximum Gasteiger partial charge on any atom is 0.416 e. The van der Waals surface area contributed by atoms with Crippen LogP contribution in [0.1, 0.15) is 31.2 Å². The van der Waals surface area contributed by atoms with Crippen LogP contribution in [0.25, 0.3) is 0 Å². The Hall–Kier alpha value is -1.19. The Morgan fingerprint density at radius 1 is 1.04 bits per heavy atom. The van der Waals surface area contributed by atoms with Gasteiger partial charge in [-0.2, -0.15) is 13.2 Å². The summed E-state index contributed by atoms with van der Waals surface area (Å²) in [6.45, 7) is 0.881. The first-order valence-corrected chi connectivity index (χ1v) is 9.07. The lowest BCUT2D eigenvalue weighted by Crippen LogP contribution is -2.39. The predicted octanol–water partition coefficient (Wildman–Crippen LogP) is 3.30. The number of rotatable bonds is 2. The van der Waals surface area contributed by atoms with E-state index in [2.05, 4.69) is 0 Å². The summed E-state index contributed by atoms with van der Waals surface area (Å²) in [5, 5.41) is -0.876. The molecule has 134 valence electrons. The van der Waals surface area contributed by atoms with Gasteiger partial charge in [0, 0.05) is 12.8 Å². The van der Waals surface area contributed by atoms with E-state index in [0.717, 1.165) is 0 Å². The number of hydrogen-bond donors (Lipinski definition) is 0. The lowest BCUT2D eigenvalue weighted by atomic mass is 9.94.